The molecule has 632 valence electrons. The lowest BCUT2D eigenvalue weighted by atomic mass is 10.0. The summed E-state index contributed by atoms with van der Waals surface area (Å²) in [5.74, 6) is 0.889. The molecule has 10 N–H and O–H groups in total. The Morgan fingerprint density at radius 3 is 1.40 bits per heavy atom. The zero-order valence-electron chi connectivity index (χ0n) is 67.9. The molecular weight excluding hydrogens is 1540 g/mol. The van der Waals surface area contributed by atoms with E-state index in [0.717, 1.165) is 121 Å². The zero-order chi connectivity index (χ0) is 85.2. The van der Waals surface area contributed by atoms with Crippen molar-refractivity contribution in [1.82, 2.24) is 69.2 Å². The van der Waals surface area contributed by atoms with E-state index >= 15 is 0 Å². The monoisotopic (exact) mass is 1640 g/mol. The van der Waals surface area contributed by atoms with Crippen molar-refractivity contribution < 1.29 is 86.4 Å². The second-order valence-corrected chi connectivity index (χ2v) is 29.4. The molecule has 4 saturated heterocycles. The summed E-state index contributed by atoms with van der Waals surface area (Å²) in [6, 6.07) is 15.4. The van der Waals surface area contributed by atoms with Crippen LogP contribution in [0.4, 0.5) is 33.1 Å². The predicted octanol–water partition coefficient (Wildman–Crippen LogP) is 5.05. The van der Waals surface area contributed by atoms with Gasteiger partial charge in [0.2, 0.25) is 23.1 Å². The highest BCUT2D eigenvalue weighted by molar-refractivity contribution is 6.03. The van der Waals surface area contributed by atoms with Crippen molar-refractivity contribution in [2.75, 3.05) is 128 Å². The van der Waals surface area contributed by atoms with Crippen LogP contribution in [0.2, 0.25) is 0 Å². The molecule has 0 atom stereocenters. The van der Waals surface area contributed by atoms with E-state index in [1.54, 1.807) is 19.1 Å². The first kappa shape index (κ1) is 86.8. The Hall–Kier alpha value is -13.0. The van der Waals surface area contributed by atoms with Gasteiger partial charge in [0.15, 0.2) is 23.0 Å². The van der Waals surface area contributed by atoms with Gasteiger partial charge in [-0.15, -0.1) is 0 Å². The van der Waals surface area contributed by atoms with Crippen molar-refractivity contribution in [3.8, 4) is 34.5 Å². The zero-order valence-corrected chi connectivity index (χ0v) is 67.9. The third-order valence-electron chi connectivity index (χ3n) is 19.5. The van der Waals surface area contributed by atoms with Gasteiger partial charge in [0.1, 0.15) is 39.8 Å². The number of hydrogen-bond donors (Lipinski definition) is 7. The second-order valence-electron chi connectivity index (χ2n) is 29.4. The van der Waals surface area contributed by atoms with Gasteiger partial charge in [-0.1, -0.05) is 34.4 Å². The summed E-state index contributed by atoms with van der Waals surface area (Å²) in [7, 11) is 3.15. The second kappa shape index (κ2) is 39.8. The summed E-state index contributed by atoms with van der Waals surface area (Å²) in [6.45, 7) is 25.9. The van der Waals surface area contributed by atoms with E-state index in [0.29, 0.717) is 117 Å². The number of nitrogen functional groups attached to an aromatic ring is 2. The largest absolute Gasteiger partial charge is 0.560 e. The first-order valence-corrected chi connectivity index (χ1v) is 38.9. The number of nitrogens with one attached hydrogen (secondary N) is 3. The number of benzene rings is 4. The third-order valence-corrected chi connectivity index (χ3v) is 19.5. The number of aromatic nitrogens is 8. The number of piperazine rings is 2. The van der Waals surface area contributed by atoms with Gasteiger partial charge in [-0.3, -0.25) is 57.3 Å². The summed E-state index contributed by atoms with van der Waals surface area (Å²) in [4.78, 5) is 154. The molecule has 0 spiro atoms. The molecule has 6 aliphatic rings. The maximum Gasteiger partial charge on any atom is 0.560 e. The Balaban J connectivity index is 0.000000170. The summed E-state index contributed by atoms with van der Waals surface area (Å²) in [5, 5.41) is 22.0. The molecule has 0 radical (unpaired) electrons. The third kappa shape index (κ3) is 22.4. The smallest absolute Gasteiger partial charge is 0.507 e. The SMILES string of the molecule is COc1c(OCCCN2CCN(C(=O)Oc3c(C)cc(CN)cc3C)CC2)ccc2c3n(c(=NC(=O)c4cnc(N)nc4)nc12)CCN3.COc1c(OCCCN2CCNCC2)ccc2c3n(c(=NC(=O)c4cnc(N)nc4)nc12)CCN3.Cc1cc(CCC(=O)OC(C)(C)C)cc(C)c1O.O=C(ON1C(=O)CCC1=O)ON1C(=O)CCC1=O. The number of imide groups is 2. The van der Waals surface area contributed by atoms with Gasteiger partial charge < -0.3 is 76.5 Å². The van der Waals surface area contributed by atoms with Gasteiger partial charge in [0, 0.05) is 166 Å². The number of amides is 7. The fourth-order valence-electron chi connectivity index (χ4n) is 13.7. The summed E-state index contributed by atoms with van der Waals surface area (Å²) < 4.78 is 38.5. The Labute approximate surface area is 684 Å². The van der Waals surface area contributed by atoms with Crippen molar-refractivity contribution in [2.24, 2.45) is 15.7 Å². The van der Waals surface area contributed by atoms with E-state index in [1.807, 2.05) is 106 Å². The first-order valence-electron chi connectivity index (χ1n) is 38.9. The number of nitrogens with zero attached hydrogens (tertiary/aromatic N) is 15. The maximum absolute atomic E-state index is 12.9. The number of hydroxylamine groups is 4. The van der Waals surface area contributed by atoms with Crippen molar-refractivity contribution >= 4 is 99.0 Å². The molecule has 10 heterocycles. The minimum Gasteiger partial charge on any atom is -0.507 e. The lowest BCUT2D eigenvalue weighted by Gasteiger charge is -2.34. The Kier molecular flexibility index (Phi) is 29.0. The topological polar surface area (TPSA) is 490 Å². The van der Waals surface area contributed by atoms with E-state index in [4.69, 9.17) is 55.6 Å². The number of aryl methyl sites for hydroxylation is 5. The van der Waals surface area contributed by atoms with Gasteiger partial charge in [0.25, 0.3) is 35.4 Å². The fraction of sp³-hybridized carbons (Fsp3) is 0.438. The average molecular weight is 1640 g/mol. The Bertz CT molecular complexity index is 5150. The molecule has 119 heavy (non-hydrogen) atoms. The van der Waals surface area contributed by atoms with Crippen LogP contribution in [0.1, 0.15) is 120 Å². The number of carbonyl (C=O) groups is 9. The van der Waals surface area contributed by atoms with Crippen molar-refractivity contribution in [3.63, 3.8) is 0 Å². The number of hydrogen-bond acceptors (Lipinski definition) is 32. The van der Waals surface area contributed by atoms with Gasteiger partial charge in [0.05, 0.1) is 38.6 Å². The highest BCUT2D eigenvalue weighted by atomic mass is 16.9. The molecule has 39 nitrogen and oxygen atoms in total. The molecule has 6 aliphatic heterocycles. The standard InChI is InChI=1S/C33H40N10O5.C23H29N9O3.C15H22O3.C9H8N2O7/c1-20-15-22(17-34)16-21(2)27(20)48-33(45)42-12-10-41(11-13-42)8-4-14-47-25-6-5-24-26(28(25)46-3)39-32(43-9-7-36-29(24)43)40-30(44)23-18-37-31(35)38-19-23;1-34-19-17(35-12-2-8-31-9-5-25-6-10-31)4-3-16-18(19)29-23(32-11-7-26-20(16)32)30-21(33)15-13-27-22(24)28-14-15;1-10-8-12(9-11(2)14(10)17)6-7-13(16)18-15(3,4)5;12-5-1-2-6(13)10(5)17-9(16)18-11-7(14)3-4-8(11)15/h5-6,15-16,18-19,36H,4,7-14,17,34H2,1-3H3,(H2,35,37,38);3-4,13-14,25-26H,2,5-12H2,1H3,(H2,24,27,28);8-9,17H,6-7H2,1-5H3;1-4H2. The molecule has 0 aliphatic carbocycles. The normalized spacial score (nSPS) is 15.5. The number of carbonyl (C=O) groups excluding carboxylic acids is 9. The lowest BCUT2D eigenvalue weighted by Crippen LogP contribution is -2.49. The van der Waals surface area contributed by atoms with Crippen molar-refractivity contribution in [1.29, 1.82) is 0 Å². The van der Waals surface area contributed by atoms with Gasteiger partial charge in [-0.2, -0.15) is 14.8 Å². The number of rotatable bonds is 21. The average Bonchev–Trinajstić information content (AvgIpc) is 1.73. The van der Waals surface area contributed by atoms with Gasteiger partial charge in [-0.05, 0) is 125 Å². The molecule has 0 unspecified atom stereocenters. The number of methoxy groups -OCH3 is 2. The molecular formula is C80H99N21O18. The predicted molar refractivity (Wildman–Crippen MR) is 431 cm³/mol. The van der Waals surface area contributed by atoms with Crippen LogP contribution >= 0.6 is 0 Å². The first-order chi connectivity index (χ1) is 57.1. The van der Waals surface area contributed by atoms with E-state index in [9.17, 15) is 48.3 Å². The molecule has 4 fully saturated rings. The molecule has 39 heteroatoms. The van der Waals surface area contributed by atoms with Gasteiger partial charge >= 0.3 is 18.2 Å². The highest BCUT2D eigenvalue weighted by Gasteiger charge is 2.38. The van der Waals surface area contributed by atoms with E-state index in [-0.39, 0.29) is 82.1 Å². The quantitative estimate of drug-likeness (QED) is 0.0281. The van der Waals surface area contributed by atoms with Crippen LogP contribution < -0.4 is 68.1 Å². The summed E-state index contributed by atoms with van der Waals surface area (Å²) >= 11 is 0. The number of fused-ring (bicyclic) bond motifs is 6. The van der Waals surface area contributed by atoms with E-state index < -0.39 is 47.2 Å². The Morgan fingerprint density at radius 2 is 0.983 bits per heavy atom. The highest BCUT2D eigenvalue weighted by Crippen LogP contribution is 2.39. The molecule has 7 amide bonds. The van der Waals surface area contributed by atoms with Crippen LogP contribution in [-0.4, -0.2) is 234 Å². The van der Waals surface area contributed by atoms with Crippen LogP contribution in [0, 0.1) is 27.7 Å². The maximum atomic E-state index is 12.9. The molecule has 4 aromatic carbocycles. The van der Waals surface area contributed by atoms with Crippen LogP contribution in [0.3, 0.4) is 0 Å². The van der Waals surface area contributed by atoms with Crippen LogP contribution in [0.5, 0.6) is 34.5 Å². The summed E-state index contributed by atoms with van der Waals surface area (Å²) in [6.07, 6.45) is 6.00. The molecule has 14 rings (SSSR count). The number of phenolic OH excluding ortho intramolecular Hbond substituents is 1. The number of nitrogens with two attached hydrogens (primary N) is 3. The van der Waals surface area contributed by atoms with Crippen LogP contribution in [0.25, 0.3) is 21.8 Å². The van der Waals surface area contributed by atoms with E-state index in [2.05, 4.69) is 65.3 Å². The number of phenols is 1. The minimum absolute atomic E-state index is 0.0618. The number of aromatic hydroxyl groups is 1. The summed E-state index contributed by atoms with van der Waals surface area (Å²) in [5.41, 5.74) is 24.0. The molecule has 8 aromatic rings. The number of anilines is 4. The van der Waals surface area contributed by atoms with E-state index in [1.165, 1.54) is 24.8 Å². The molecule has 0 saturated carbocycles. The van der Waals surface area contributed by atoms with Gasteiger partial charge in [-0.25, -0.2) is 34.7 Å². The van der Waals surface area contributed by atoms with Crippen LogP contribution in [0.15, 0.2) is 83.3 Å². The number of ether oxygens (including phenoxy) is 6. The lowest BCUT2D eigenvalue weighted by molar-refractivity contribution is -0.198. The van der Waals surface area contributed by atoms with Crippen LogP contribution in [-0.2, 0) is 64.4 Å². The van der Waals surface area contributed by atoms with Crippen molar-refractivity contribution in [2.45, 2.75) is 125 Å². The molecule has 0 bridgehead atoms. The Morgan fingerprint density at radius 1 is 0.555 bits per heavy atom. The number of esters is 1. The fourth-order valence-corrected chi connectivity index (χ4v) is 13.7. The molecule has 4 aromatic heterocycles. The van der Waals surface area contributed by atoms with Crippen molar-refractivity contribution in [3.05, 3.63) is 129 Å². The minimum atomic E-state index is -1.48.